The predicted molar refractivity (Wildman–Crippen MR) is 84.3 cm³/mol. The standard InChI is InChI=1S/C14H20ClN3S/c1-9(2)7-18(8-10(3)4)12-11-5-6-19-13(11)17-14(15)16-12/h5-6,9-10H,7-8H2,1-4H3. The normalized spacial score (nSPS) is 11.7. The van der Waals surface area contributed by atoms with E-state index in [0.29, 0.717) is 17.1 Å². The number of halogens is 1. The second kappa shape index (κ2) is 6.06. The Bertz CT molecular complexity index is 541. The molecular formula is C14H20ClN3S. The maximum atomic E-state index is 6.06. The zero-order valence-corrected chi connectivity index (χ0v) is 13.4. The summed E-state index contributed by atoms with van der Waals surface area (Å²) in [5.41, 5.74) is 0. The minimum absolute atomic E-state index is 0.336. The van der Waals surface area contributed by atoms with Crippen molar-refractivity contribution >= 4 is 39.0 Å². The Balaban J connectivity index is 2.44. The molecule has 0 spiro atoms. The molecule has 2 aromatic rings. The quantitative estimate of drug-likeness (QED) is 0.763. The van der Waals surface area contributed by atoms with Gasteiger partial charge in [-0.05, 0) is 34.9 Å². The van der Waals surface area contributed by atoms with Crippen molar-refractivity contribution in [2.75, 3.05) is 18.0 Å². The number of nitrogens with zero attached hydrogens (tertiary/aromatic N) is 3. The van der Waals surface area contributed by atoms with Crippen LogP contribution in [0.3, 0.4) is 0 Å². The lowest BCUT2D eigenvalue weighted by atomic mass is 10.1. The highest BCUT2D eigenvalue weighted by molar-refractivity contribution is 7.16. The fraction of sp³-hybridized carbons (Fsp3) is 0.571. The molecule has 0 fully saturated rings. The molecule has 0 aromatic carbocycles. The summed E-state index contributed by atoms with van der Waals surface area (Å²) >= 11 is 7.66. The summed E-state index contributed by atoms with van der Waals surface area (Å²) in [6, 6.07) is 2.08. The van der Waals surface area contributed by atoms with Crippen LogP contribution in [0, 0.1) is 11.8 Å². The molecule has 0 aliphatic rings. The maximum absolute atomic E-state index is 6.06. The van der Waals surface area contributed by atoms with E-state index >= 15 is 0 Å². The number of hydrogen-bond donors (Lipinski definition) is 0. The third kappa shape index (κ3) is 3.57. The Labute approximate surface area is 123 Å². The molecule has 0 radical (unpaired) electrons. The smallest absolute Gasteiger partial charge is 0.225 e. The van der Waals surface area contributed by atoms with Crippen molar-refractivity contribution in [2.45, 2.75) is 27.7 Å². The molecule has 0 N–H and O–H groups in total. The fourth-order valence-electron chi connectivity index (χ4n) is 2.18. The van der Waals surface area contributed by atoms with E-state index in [2.05, 4.69) is 48.6 Å². The average molecular weight is 298 g/mol. The monoisotopic (exact) mass is 297 g/mol. The summed E-state index contributed by atoms with van der Waals surface area (Å²) in [5.74, 6) is 2.14. The van der Waals surface area contributed by atoms with Crippen LogP contribution in [0.15, 0.2) is 11.4 Å². The number of fused-ring (bicyclic) bond motifs is 1. The van der Waals surface area contributed by atoms with E-state index in [0.717, 1.165) is 29.1 Å². The molecule has 2 aromatic heterocycles. The number of anilines is 1. The van der Waals surface area contributed by atoms with Gasteiger partial charge in [-0.15, -0.1) is 11.3 Å². The first-order valence-electron chi connectivity index (χ1n) is 6.63. The van der Waals surface area contributed by atoms with Crippen LogP contribution in [-0.4, -0.2) is 23.1 Å². The second-order valence-corrected chi connectivity index (χ2v) is 6.88. The lowest BCUT2D eigenvalue weighted by Crippen LogP contribution is -2.32. The van der Waals surface area contributed by atoms with Crippen LogP contribution < -0.4 is 4.90 Å². The van der Waals surface area contributed by atoms with E-state index in [-0.39, 0.29) is 0 Å². The van der Waals surface area contributed by atoms with Crippen LogP contribution in [0.2, 0.25) is 5.28 Å². The molecular weight excluding hydrogens is 278 g/mol. The molecule has 0 saturated heterocycles. The molecule has 2 heterocycles. The fourth-order valence-corrected chi connectivity index (χ4v) is 3.16. The largest absolute Gasteiger partial charge is 0.355 e. The Hall–Kier alpha value is -0.870. The lowest BCUT2D eigenvalue weighted by Gasteiger charge is -2.28. The van der Waals surface area contributed by atoms with E-state index in [1.807, 2.05) is 5.38 Å². The predicted octanol–water partition coefficient (Wildman–Crippen LogP) is 4.46. The van der Waals surface area contributed by atoms with Gasteiger partial charge >= 0.3 is 0 Å². The van der Waals surface area contributed by atoms with Crippen LogP contribution in [0.5, 0.6) is 0 Å². The summed E-state index contributed by atoms with van der Waals surface area (Å²) < 4.78 is 0. The first-order valence-corrected chi connectivity index (χ1v) is 7.88. The van der Waals surface area contributed by atoms with Crippen molar-refractivity contribution in [2.24, 2.45) is 11.8 Å². The van der Waals surface area contributed by atoms with Crippen LogP contribution in [-0.2, 0) is 0 Å². The van der Waals surface area contributed by atoms with Gasteiger partial charge in [0.2, 0.25) is 5.28 Å². The van der Waals surface area contributed by atoms with Gasteiger partial charge in [-0.2, -0.15) is 4.98 Å². The van der Waals surface area contributed by atoms with Crippen molar-refractivity contribution in [3.8, 4) is 0 Å². The third-order valence-corrected chi connectivity index (χ3v) is 3.72. The number of hydrogen-bond acceptors (Lipinski definition) is 4. The van der Waals surface area contributed by atoms with Crippen LogP contribution in [0.4, 0.5) is 5.82 Å². The van der Waals surface area contributed by atoms with E-state index < -0.39 is 0 Å². The maximum Gasteiger partial charge on any atom is 0.225 e. The summed E-state index contributed by atoms with van der Waals surface area (Å²) in [7, 11) is 0. The van der Waals surface area contributed by atoms with E-state index in [1.54, 1.807) is 11.3 Å². The van der Waals surface area contributed by atoms with Gasteiger partial charge in [0.1, 0.15) is 10.6 Å². The minimum atomic E-state index is 0.336. The number of aromatic nitrogens is 2. The van der Waals surface area contributed by atoms with Gasteiger partial charge in [-0.1, -0.05) is 27.7 Å². The summed E-state index contributed by atoms with van der Waals surface area (Å²) in [6.07, 6.45) is 0. The van der Waals surface area contributed by atoms with Gasteiger partial charge in [0.15, 0.2) is 0 Å². The molecule has 104 valence electrons. The SMILES string of the molecule is CC(C)CN(CC(C)C)c1nc(Cl)nc2sccc12. The molecule has 0 amide bonds. The Morgan fingerprint density at radius 1 is 1.16 bits per heavy atom. The third-order valence-electron chi connectivity index (χ3n) is 2.75. The summed E-state index contributed by atoms with van der Waals surface area (Å²) in [4.78, 5) is 12.0. The molecule has 0 bridgehead atoms. The average Bonchev–Trinajstić information content (AvgIpc) is 2.73. The van der Waals surface area contributed by atoms with Gasteiger partial charge in [0, 0.05) is 13.1 Å². The zero-order chi connectivity index (χ0) is 14.0. The van der Waals surface area contributed by atoms with Crippen molar-refractivity contribution < 1.29 is 0 Å². The van der Waals surface area contributed by atoms with Crippen LogP contribution in [0.1, 0.15) is 27.7 Å². The van der Waals surface area contributed by atoms with Gasteiger partial charge in [-0.3, -0.25) is 0 Å². The topological polar surface area (TPSA) is 29.0 Å². The summed E-state index contributed by atoms with van der Waals surface area (Å²) in [6.45, 7) is 10.9. The van der Waals surface area contributed by atoms with Crippen molar-refractivity contribution in [3.05, 3.63) is 16.7 Å². The van der Waals surface area contributed by atoms with Gasteiger partial charge in [-0.25, -0.2) is 4.98 Å². The first-order chi connectivity index (χ1) is 8.97. The molecule has 0 atom stereocenters. The van der Waals surface area contributed by atoms with Crippen molar-refractivity contribution in [3.63, 3.8) is 0 Å². The number of rotatable bonds is 5. The Kier molecular flexibility index (Phi) is 4.63. The highest BCUT2D eigenvalue weighted by Gasteiger charge is 2.17. The molecule has 0 saturated carbocycles. The van der Waals surface area contributed by atoms with E-state index in [9.17, 15) is 0 Å². The molecule has 2 rings (SSSR count). The van der Waals surface area contributed by atoms with Crippen molar-refractivity contribution in [1.29, 1.82) is 0 Å². The van der Waals surface area contributed by atoms with Crippen molar-refractivity contribution in [1.82, 2.24) is 9.97 Å². The lowest BCUT2D eigenvalue weighted by molar-refractivity contribution is 0.550. The highest BCUT2D eigenvalue weighted by Crippen LogP contribution is 2.30. The molecule has 0 aliphatic carbocycles. The van der Waals surface area contributed by atoms with Crippen LogP contribution >= 0.6 is 22.9 Å². The molecule has 3 nitrogen and oxygen atoms in total. The molecule has 5 heteroatoms. The second-order valence-electron chi connectivity index (χ2n) is 5.65. The zero-order valence-electron chi connectivity index (χ0n) is 11.9. The van der Waals surface area contributed by atoms with Gasteiger partial charge in [0.25, 0.3) is 0 Å². The molecule has 0 unspecified atom stereocenters. The Morgan fingerprint density at radius 3 is 2.37 bits per heavy atom. The Morgan fingerprint density at radius 2 is 1.79 bits per heavy atom. The molecule has 19 heavy (non-hydrogen) atoms. The minimum Gasteiger partial charge on any atom is -0.355 e. The summed E-state index contributed by atoms with van der Waals surface area (Å²) in [5, 5.41) is 3.49. The first kappa shape index (κ1) is 14.5. The van der Waals surface area contributed by atoms with Crippen LogP contribution in [0.25, 0.3) is 10.2 Å². The van der Waals surface area contributed by atoms with E-state index in [1.165, 1.54) is 0 Å². The molecule has 0 aliphatic heterocycles. The van der Waals surface area contributed by atoms with Gasteiger partial charge < -0.3 is 4.90 Å². The number of thiophene rings is 1. The highest BCUT2D eigenvalue weighted by atomic mass is 35.5. The van der Waals surface area contributed by atoms with E-state index in [4.69, 9.17) is 11.6 Å². The van der Waals surface area contributed by atoms with Gasteiger partial charge in [0.05, 0.1) is 5.39 Å².